The van der Waals surface area contributed by atoms with Gasteiger partial charge in [-0.3, -0.25) is 4.79 Å². The van der Waals surface area contributed by atoms with E-state index >= 15 is 0 Å². The second-order valence-electron chi connectivity index (χ2n) is 2.22. The van der Waals surface area contributed by atoms with Gasteiger partial charge in [-0.05, 0) is 12.2 Å². The van der Waals surface area contributed by atoms with Crippen molar-refractivity contribution in [2.24, 2.45) is 0 Å². The van der Waals surface area contributed by atoms with E-state index in [-0.39, 0.29) is 12.6 Å². The molecular weight excluding hydrogens is 180 g/mol. The van der Waals surface area contributed by atoms with Crippen LogP contribution in [0.3, 0.4) is 0 Å². The van der Waals surface area contributed by atoms with Crippen LogP contribution in [-0.4, -0.2) is 24.3 Å². The van der Waals surface area contributed by atoms with Crippen molar-refractivity contribution in [1.29, 1.82) is 0 Å². The molecule has 3 nitrogen and oxygen atoms in total. The fourth-order valence-corrected chi connectivity index (χ4v) is 0.565. The molecule has 0 amide bonds. The first-order chi connectivity index (χ1) is 6.77. The maximum Gasteiger partial charge on any atom is 0.302 e. The lowest BCUT2D eigenvalue weighted by molar-refractivity contribution is -0.140. The van der Waals surface area contributed by atoms with Gasteiger partial charge in [-0.25, -0.2) is 0 Å². The summed E-state index contributed by atoms with van der Waals surface area (Å²) in [6, 6.07) is 0. The van der Waals surface area contributed by atoms with Gasteiger partial charge in [0.15, 0.2) is 0 Å². The summed E-state index contributed by atoms with van der Waals surface area (Å²) in [7, 11) is 0. The largest absolute Gasteiger partial charge is 0.465 e. The number of hydrogen-bond acceptors (Lipinski definition) is 3. The van der Waals surface area contributed by atoms with Crippen molar-refractivity contribution in [1.82, 2.24) is 0 Å². The third-order valence-corrected chi connectivity index (χ3v) is 1.07. The number of aliphatic hydroxyl groups excluding tert-OH is 1. The predicted octanol–water partition coefficient (Wildman–Crippen LogP) is 0.495. The molecule has 0 atom stereocenters. The van der Waals surface area contributed by atoms with Gasteiger partial charge in [-0.1, -0.05) is 23.7 Å². The standard InChI is InChI=1S/C11H12O3/c1-11(13)14-10-8-6-4-2-3-5-7-9-12/h2-3,12H,8-10H2,1H3/b3-2+. The molecule has 0 heterocycles. The highest BCUT2D eigenvalue weighted by Gasteiger charge is 1.87. The quantitative estimate of drug-likeness (QED) is 0.393. The highest BCUT2D eigenvalue weighted by Crippen LogP contribution is 1.81. The Hall–Kier alpha value is -1.71. The Kier molecular flexibility index (Phi) is 8.23. The molecule has 74 valence electrons. The third-order valence-electron chi connectivity index (χ3n) is 1.07. The Labute approximate surface area is 83.8 Å². The molecule has 0 aromatic heterocycles. The number of esters is 1. The van der Waals surface area contributed by atoms with Crippen molar-refractivity contribution in [3.05, 3.63) is 12.2 Å². The van der Waals surface area contributed by atoms with Crippen molar-refractivity contribution < 1.29 is 14.6 Å². The molecule has 0 spiro atoms. The molecule has 0 aromatic carbocycles. The van der Waals surface area contributed by atoms with E-state index in [4.69, 9.17) is 5.11 Å². The molecule has 0 unspecified atom stereocenters. The van der Waals surface area contributed by atoms with Crippen molar-refractivity contribution in [2.75, 3.05) is 13.2 Å². The first kappa shape index (κ1) is 12.3. The molecule has 0 aromatic rings. The van der Waals surface area contributed by atoms with Gasteiger partial charge in [0.05, 0.1) is 0 Å². The first-order valence-electron chi connectivity index (χ1n) is 4.13. The van der Waals surface area contributed by atoms with E-state index in [0.29, 0.717) is 13.0 Å². The minimum Gasteiger partial charge on any atom is -0.465 e. The smallest absolute Gasteiger partial charge is 0.302 e. The highest BCUT2D eigenvalue weighted by molar-refractivity contribution is 5.65. The number of hydrogen-bond donors (Lipinski definition) is 1. The predicted molar refractivity (Wildman–Crippen MR) is 53.0 cm³/mol. The van der Waals surface area contributed by atoms with Crippen LogP contribution >= 0.6 is 0 Å². The summed E-state index contributed by atoms with van der Waals surface area (Å²) in [5, 5.41) is 8.30. The van der Waals surface area contributed by atoms with Crippen molar-refractivity contribution >= 4 is 5.97 Å². The Balaban J connectivity index is 3.53. The average Bonchev–Trinajstić information content (AvgIpc) is 2.15. The van der Waals surface area contributed by atoms with Crippen molar-refractivity contribution in [3.63, 3.8) is 0 Å². The van der Waals surface area contributed by atoms with Gasteiger partial charge in [0.2, 0.25) is 0 Å². The number of carbonyl (C=O) groups excluding carboxylic acids is 1. The maximum atomic E-state index is 10.3. The van der Waals surface area contributed by atoms with E-state index < -0.39 is 0 Å². The van der Waals surface area contributed by atoms with Crippen LogP contribution in [0.25, 0.3) is 0 Å². The van der Waals surface area contributed by atoms with E-state index in [2.05, 4.69) is 28.4 Å². The molecule has 0 aliphatic heterocycles. The normalized spacial score (nSPS) is 8.43. The minimum atomic E-state index is -0.295. The van der Waals surface area contributed by atoms with Crippen LogP contribution in [-0.2, 0) is 9.53 Å². The lowest BCUT2D eigenvalue weighted by Gasteiger charge is -1.94. The fourth-order valence-electron chi connectivity index (χ4n) is 0.565. The zero-order valence-corrected chi connectivity index (χ0v) is 8.04. The van der Waals surface area contributed by atoms with E-state index in [1.165, 1.54) is 6.92 Å². The number of ether oxygens (including phenoxy) is 1. The Morgan fingerprint density at radius 1 is 1.36 bits per heavy atom. The summed E-state index contributed by atoms with van der Waals surface area (Å²) in [4.78, 5) is 10.3. The van der Waals surface area contributed by atoms with E-state index in [1.54, 1.807) is 12.2 Å². The second kappa shape index (κ2) is 9.38. The molecular formula is C11H12O3. The van der Waals surface area contributed by atoms with Crippen molar-refractivity contribution in [2.45, 2.75) is 13.3 Å². The molecule has 0 saturated heterocycles. The summed E-state index contributed by atoms with van der Waals surface area (Å²) >= 11 is 0. The van der Waals surface area contributed by atoms with Gasteiger partial charge in [0.25, 0.3) is 0 Å². The molecule has 14 heavy (non-hydrogen) atoms. The van der Waals surface area contributed by atoms with Gasteiger partial charge >= 0.3 is 5.97 Å². The Bertz CT molecular complexity index is 307. The molecule has 0 fully saturated rings. The lowest BCUT2D eigenvalue weighted by Crippen LogP contribution is -1.98. The summed E-state index contributed by atoms with van der Waals surface area (Å²) in [6.45, 7) is 1.53. The number of aliphatic hydroxyl groups is 1. The first-order valence-corrected chi connectivity index (χ1v) is 4.13. The lowest BCUT2D eigenvalue weighted by atomic mass is 10.4. The molecule has 0 aliphatic carbocycles. The monoisotopic (exact) mass is 192 g/mol. The highest BCUT2D eigenvalue weighted by atomic mass is 16.5. The second-order valence-corrected chi connectivity index (χ2v) is 2.22. The average molecular weight is 192 g/mol. The van der Waals surface area contributed by atoms with Crippen LogP contribution in [0.2, 0.25) is 0 Å². The Morgan fingerprint density at radius 2 is 2.00 bits per heavy atom. The van der Waals surface area contributed by atoms with Gasteiger partial charge in [0, 0.05) is 13.3 Å². The van der Waals surface area contributed by atoms with Gasteiger partial charge in [-0.2, -0.15) is 0 Å². The third kappa shape index (κ3) is 10.3. The summed E-state index contributed by atoms with van der Waals surface area (Å²) < 4.78 is 4.66. The summed E-state index contributed by atoms with van der Waals surface area (Å²) in [5.41, 5.74) is 0. The van der Waals surface area contributed by atoms with Crippen molar-refractivity contribution in [3.8, 4) is 23.7 Å². The zero-order valence-electron chi connectivity index (χ0n) is 8.04. The van der Waals surface area contributed by atoms with Crippen LogP contribution in [0.15, 0.2) is 12.2 Å². The molecule has 0 bridgehead atoms. The molecule has 3 heteroatoms. The van der Waals surface area contributed by atoms with E-state index in [9.17, 15) is 4.79 Å². The van der Waals surface area contributed by atoms with Crippen LogP contribution in [0, 0.1) is 23.7 Å². The van der Waals surface area contributed by atoms with Gasteiger partial charge in [-0.15, -0.1) is 0 Å². The summed E-state index contributed by atoms with van der Waals surface area (Å²) in [5.74, 6) is 10.2. The SMILES string of the molecule is CC(=O)OCCC#C/C=C/C#CCO. The number of rotatable bonds is 2. The number of carbonyl (C=O) groups is 1. The summed E-state index contributed by atoms with van der Waals surface area (Å²) in [6.07, 6.45) is 3.64. The fraction of sp³-hybridized carbons (Fsp3) is 0.364. The van der Waals surface area contributed by atoms with Gasteiger partial charge < -0.3 is 9.84 Å². The molecule has 0 saturated carbocycles. The van der Waals surface area contributed by atoms with Crippen LogP contribution in [0.1, 0.15) is 13.3 Å². The maximum absolute atomic E-state index is 10.3. The minimum absolute atomic E-state index is 0.149. The number of allylic oxidation sites excluding steroid dienone is 2. The van der Waals surface area contributed by atoms with Gasteiger partial charge in [0.1, 0.15) is 13.2 Å². The van der Waals surface area contributed by atoms with Crippen LogP contribution in [0.4, 0.5) is 0 Å². The van der Waals surface area contributed by atoms with E-state index in [1.807, 2.05) is 0 Å². The Morgan fingerprint density at radius 3 is 2.57 bits per heavy atom. The van der Waals surface area contributed by atoms with Crippen LogP contribution < -0.4 is 0 Å². The van der Waals surface area contributed by atoms with Crippen LogP contribution in [0.5, 0.6) is 0 Å². The van der Waals surface area contributed by atoms with E-state index in [0.717, 1.165) is 0 Å². The molecule has 1 N–H and O–H groups in total. The molecule has 0 rings (SSSR count). The molecule has 0 radical (unpaired) electrons. The molecule has 0 aliphatic rings. The topological polar surface area (TPSA) is 46.5 Å². The zero-order chi connectivity index (χ0) is 10.6.